The largest absolute Gasteiger partial charge is 0.388 e. The van der Waals surface area contributed by atoms with Gasteiger partial charge in [0.1, 0.15) is 0 Å². The predicted molar refractivity (Wildman–Crippen MR) is 68.0 cm³/mol. The molecule has 3 heteroatoms. The number of aliphatic hydroxyl groups is 1. The molecule has 2 unspecified atom stereocenters. The van der Waals surface area contributed by atoms with Crippen molar-refractivity contribution in [1.29, 1.82) is 0 Å². The van der Waals surface area contributed by atoms with E-state index in [4.69, 9.17) is 11.6 Å². The van der Waals surface area contributed by atoms with Crippen LogP contribution in [0.15, 0.2) is 12.1 Å². The average molecular weight is 240 g/mol. The molecule has 1 aliphatic heterocycles. The van der Waals surface area contributed by atoms with Gasteiger partial charge in [-0.2, -0.15) is 0 Å². The smallest absolute Gasteiger partial charge is 0.0844 e. The van der Waals surface area contributed by atoms with Crippen LogP contribution in [0.1, 0.15) is 37.5 Å². The monoisotopic (exact) mass is 239 g/mol. The molecule has 1 heterocycles. The fraction of sp³-hybridized carbons (Fsp3) is 0.538. The molecule has 0 aromatic heterocycles. The van der Waals surface area contributed by atoms with E-state index in [0.29, 0.717) is 17.0 Å². The second-order valence-electron chi connectivity index (χ2n) is 4.90. The maximum Gasteiger partial charge on any atom is 0.0844 e. The van der Waals surface area contributed by atoms with E-state index in [2.05, 4.69) is 19.2 Å². The Kier molecular flexibility index (Phi) is 3.13. The van der Waals surface area contributed by atoms with E-state index in [1.807, 2.05) is 19.1 Å². The van der Waals surface area contributed by atoms with E-state index in [1.165, 1.54) is 0 Å². The number of fused-ring (bicyclic) bond motifs is 1. The highest BCUT2D eigenvalue weighted by molar-refractivity contribution is 6.31. The fourth-order valence-corrected chi connectivity index (χ4v) is 2.55. The normalized spacial score (nSPS) is 24.1. The summed E-state index contributed by atoms with van der Waals surface area (Å²) in [6, 6.07) is 4.17. The Bertz CT molecular complexity index is 403. The second-order valence-corrected chi connectivity index (χ2v) is 5.31. The summed E-state index contributed by atoms with van der Waals surface area (Å²) in [4.78, 5) is 0. The molecule has 2 nitrogen and oxygen atoms in total. The molecule has 2 rings (SSSR count). The van der Waals surface area contributed by atoms with Crippen molar-refractivity contribution < 1.29 is 5.11 Å². The highest BCUT2D eigenvalue weighted by Gasteiger charge is 2.29. The first-order chi connectivity index (χ1) is 7.50. The Balaban J connectivity index is 2.45. The number of aryl methyl sites for hydroxylation is 1. The topological polar surface area (TPSA) is 32.3 Å². The van der Waals surface area contributed by atoms with Gasteiger partial charge in [-0.3, -0.25) is 0 Å². The average Bonchev–Trinajstić information content (AvgIpc) is 2.22. The Hall–Kier alpha value is -0.730. The van der Waals surface area contributed by atoms with Crippen LogP contribution < -0.4 is 5.32 Å². The van der Waals surface area contributed by atoms with Crippen LogP contribution in [0.4, 0.5) is 5.69 Å². The minimum atomic E-state index is -0.448. The van der Waals surface area contributed by atoms with Gasteiger partial charge in [-0.15, -0.1) is 0 Å². The number of aliphatic hydroxyl groups excluding tert-OH is 1. The molecule has 0 aliphatic carbocycles. The van der Waals surface area contributed by atoms with Gasteiger partial charge in [0.2, 0.25) is 0 Å². The van der Waals surface area contributed by atoms with Gasteiger partial charge in [0.15, 0.2) is 0 Å². The van der Waals surface area contributed by atoms with Crippen molar-refractivity contribution in [3.05, 3.63) is 28.3 Å². The molecular weight excluding hydrogens is 222 g/mol. The summed E-state index contributed by atoms with van der Waals surface area (Å²) < 4.78 is 0. The molecule has 0 radical (unpaired) electrons. The van der Waals surface area contributed by atoms with Gasteiger partial charge in [-0.1, -0.05) is 31.5 Å². The molecule has 1 aromatic rings. The third-order valence-corrected chi connectivity index (χ3v) is 3.68. The van der Waals surface area contributed by atoms with Crippen LogP contribution in [0.3, 0.4) is 0 Å². The molecule has 2 atom stereocenters. The number of halogens is 1. The van der Waals surface area contributed by atoms with E-state index in [0.717, 1.165) is 23.2 Å². The summed E-state index contributed by atoms with van der Waals surface area (Å²) in [5, 5.41) is 14.3. The highest BCUT2D eigenvalue weighted by atomic mass is 35.5. The first-order valence-corrected chi connectivity index (χ1v) is 6.12. The summed E-state index contributed by atoms with van der Waals surface area (Å²) in [6.45, 7) is 6.36. The van der Waals surface area contributed by atoms with Crippen LogP contribution in [-0.2, 0) is 0 Å². The van der Waals surface area contributed by atoms with Gasteiger partial charge < -0.3 is 10.4 Å². The molecule has 0 amide bonds. The zero-order valence-electron chi connectivity index (χ0n) is 9.92. The van der Waals surface area contributed by atoms with E-state index in [-0.39, 0.29) is 0 Å². The van der Waals surface area contributed by atoms with Crippen molar-refractivity contribution in [1.82, 2.24) is 0 Å². The first kappa shape index (κ1) is 11.7. The van der Waals surface area contributed by atoms with Crippen molar-refractivity contribution in [2.24, 2.45) is 5.92 Å². The van der Waals surface area contributed by atoms with E-state index in [9.17, 15) is 5.11 Å². The zero-order chi connectivity index (χ0) is 11.9. The van der Waals surface area contributed by atoms with Crippen molar-refractivity contribution in [2.45, 2.75) is 39.3 Å². The number of anilines is 1. The molecule has 0 saturated carbocycles. The molecule has 88 valence electrons. The minimum absolute atomic E-state index is 0.319. The second kappa shape index (κ2) is 4.27. The van der Waals surface area contributed by atoms with Gasteiger partial charge in [0.25, 0.3) is 0 Å². The summed E-state index contributed by atoms with van der Waals surface area (Å²) in [7, 11) is 0. The van der Waals surface area contributed by atoms with Gasteiger partial charge in [-0.25, -0.2) is 0 Å². The summed E-state index contributed by atoms with van der Waals surface area (Å²) in [5.41, 5.74) is 3.02. The van der Waals surface area contributed by atoms with E-state index in [1.54, 1.807) is 0 Å². The quantitative estimate of drug-likeness (QED) is 0.786. The van der Waals surface area contributed by atoms with Crippen molar-refractivity contribution in [3.63, 3.8) is 0 Å². The molecule has 2 N–H and O–H groups in total. The molecule has 1 aliphatic rings. The summed E-state index contributed by atoms with van der Waals surface area (Å²) >= 11 is 6.14. The van der Waals surface area contributed by atoms with Gasteiger partial charge in [0.05, 0.1) is 6.10 Å². The molecule has 0 fully saturated rings. The maximum absolute atomic E-state index is 10.2. The number of nitrogens with one attached hydrogen (secondary N) is 1. The van der Waals surface area contributed by atoms with Crippen LogP contribution in [0.2, 0.25) is 5.02 Å². The van der Waals surface area contributed by atoms with Crippen molar-refractivity contribution in [3.8, 4) is 0 Å². The first-order valence-electron chi connectivity index (χ1n) is 5.74. The number of rotatable bonds is 1. The SMILES string of the molecule is Cc1ccc(Cl)c2c1NC(C(C)C)CC2O. The van der Waals surface area contributed by atoms with E-state index >= 15 is 0 Å². The maximum atomic E-state index is 10.2. The van der Waals surface area contributed by atoms with Gasteiger partial charge in [0, 0.05) is 22.3 Å². The number of hydrogen-bond donors (Lipinski definition) is 2. The number of benzene rings is 1. The molecule has 0 saturated heterocycles. The van der Waals surface area contributed by atoms with Gasteiger partial charge in [-0.05, 0) is 30.9 Å². The lowest BCUT2D eigenvalue weighted by Gasteiger charge is -2.34. The molecule has 0 spiro atoms. The third-order valence-electron chi connectivity index (χ3n) is 3.35. The summed E-state index contributed by atoms with van der Waals surface area (Å²) in [6.07, 6.45) is 0.282. The van der Waals surface area contributed by atoms with Crippen molar-refractivity contribution >= 4 is 17.3 Å². The molecule has 0 bridgehead atoms. The lowest BCUT2D eigenvalue weighted by atomic mass is 9.88. The van der Waals surface area contributed by atoms with Crippen LogP contribution >= 0.6 is 11.6 Å². The van der Waals surface area contributed by atoms with Crippen LogP contribution in [0.5, 0.6) is 0 Å². The Labute approximate surface area is 102 Å². The van der Waals surface area contributed by atoms with Gasteiger partial charge >= 0.3 is 0 Å². The lowest BCUT2D eigenvalue weighted by Crippen LogP contribution is -2.33. The highest BCUT2D eigenvalue weighted by Crippen LogP contribution is 2.40. The van der Waals surface area contributed by atoms with Crippen LogP contribution in [-0.4, -0.2) is 11.1 Å². The number of hydrogen-bond acceptors (Lipinski definition) is 2. The van der Waals surface area contributed by atoms with Crippen molar-refractivity contribution in [2.75, 3.05) is 5.32 Å². The molecular formula is C13H18ClNO. The Morgan fingerprint density at radius 1 is 1.44 bits per heavy atom. The molecule has 16 heavy (non-hydrogen) atoms. The molecule has 1 aromatic carbocycles. The van der Waals surface area contributed by atoms with Crippen LogP contribution in [0.25, 0.3) is 0 Å². The summed E-state index contributed by atoms with van der Waals surface area (Å²) in [5.74, 6) is 0.501. The van der Waals surface area contributed by atoms with E-state index < -0.39 is 6.10 Å². The standard InChI is InChI=1S/C13H18ClNO/c1-7(2)10-6-11(16)12-9(14)5-4-8(3)13(12)15-10/h4-5,7,10-11,15-16H,6H2,1-3H3. The Morgan fingerprint density at radius 2 is 2.12 bits per heavy atom. The third kappa shape index (κ3) is 1.92. The minimum Gasteiger partial charge on any atom is -0.388 e. The predicted octanol–water partition coefficient (Wildman–Crippen LogP) is 3.52. The van der Waals surface area contributed by atoms with Crippen LogP contribution in [0, 0.1) is 12.8 Å². The zero-order valence-corrected chi connectivity index (χ0v) is 10.7. The lowest BCUT2D eigenvalue weighted by molar-refractivity contribution is 0.148. The fourth-order valence-electron chi connectivity index (χ4n) is 2.26. The Morgan fingerprint density at radius 3 is 2.75 bits per heavy atom.